The summed E-state index contributed by atoms with van der Waals surface area (Å²) >= 11 is 0. The van der Waals surface area contributed by atoms with Crippen molar-refractivity contribution in [1.82, 2.24) is 5.32 Å². The molecule has 1 aromatic rings. The Balaban J connectivity index is 1.24. The number of rotatable bonds is 11. The third-order valence-corrected chi connectivity index (χ3v) is 9.43. The van der Waals surface area contributed by atoms with Crippen molar-refractivity contribution in [3.05, 3.63) is 35.1 Å². The first-order valence-corrected chi connectivity index (χ1v) is 14.4. The van der Waals surface area contributed by atoms with Gasteiger partial charge in [-0.15, -0.1) is 0 Å². The lowest BCUT2D eigenvalue weighted by Gasteiger charge is -2.61. The van der Waals surface area contributed by atoms with Crippen LogP contribution in [0.15, 0.2) is 24.0 Å². The highest BCUT2D eigenvalue weighted by Crippen LogP contribution is 2.68. The highest BCUT2D eigenvalue weighted by molar-refractivity contribution is 5.83. The number of ether oxygens (including phenoxy) is 4. The Hall–Kier alpha value is -3.64. The second-order valence-corrected chi connectivity index (χ2v) is 11.8. The maximum absolute atomic E-state index is 13.1. The Morgan fingerprint density at radius 1 is 1.24 bits per heavy atom. The summed E-state index contributed by atoms with van der Waals surface area (Å²) in [6, 6.07) is 2.89. The molecule has 0 saturated heterocycles. The smallest absolute Gasteiger partial charge is 0.352 e. The highest BCUT2D eigenvalue weighted by atomic mass is 16.6. The molecular formula is C30H38N2O10. The van der Waals surface area contributed by atoms with E-state index in [4.69, 9.17) is 29.8 Å². The van der Waals surface area contributed by atoms with E-state index in [9.17, 15) is 24.3 Å². The number of aliphatic hydroxyl groups is 1. The van der Waals surface area contributed by atoms with Crippen molar-refractivity contribution >= 4 is 23.8 Å². The molecule has 0 radical (unpaired) electrons. The van der Waals surface area contributed by atoms with Gasteiger partial charge in [-0.1, -0.05) is 13.0 Å². The maximum Gasteiger partial charge on any atom is 0.352 e. The molecule has 0 aromatic heterocycles. The number of hydrogen-bond donors (Lipinski definition) is 4. The number of carboxylic acid groups (broad SMARTS) is 1. The fraction of sp³-hybridized carbons (Fsp3) is 0.600. The van der Waals surface area contributed by atoms with E-state index in [1.54, 1.807) is 13.2 Å². The number of nitrogens with one attached hydrogen (secondary N) is 1. The molecule has 5 N–H and O–H groups in total. The molecule has 228 valence electrons. The van der Waals surface area contributed by atoms with Crippen molar-refractivity contribution < 1.29 is 48.3 Å². The number of aliphatic carboxylic acids is 1. The number of carboxylic acids is 1. The van der Waals surface area contributed by atoms with Crippen molar-refractivity contribution in [2.24, 2.45) is 17.6 Å². The van der Waals surface area contributed by atoms with Gasteiger partial charge >= 0.3 is 17.9 Å². The molecule has 3 aliphatic carbocycles. The maximum atomic E-state index is 13.1. The fourth-order valence-corrected chi connectivity index (χ4v) is 7.30. The third kappa shape index (κ3) is 4.80. The number of benzene rings is 1. The minimum atomic E-state index is -1.25. The van der Waals surface area contributed by atoms with E-state index in [-0.39, 0.29) is 37.5 Å². The molecule has 1 spiro atoms. The second-order valence-electron chi connectivity index (χ2n) is 11.8. The average molecular weight is 587 g/mol. The summed E-state index contributed by atoms with van der Waals surface area (Å²) in [5.74, 6) is -1.45. The van der Waals surface area contributed by atoms with Crippen molar-refractivity contribution in [3.63, 3.8) is 0 Å². The van der Waals surface area contributed by atoms with E-state index < -0.39 is 53.1 Å². The summed E-state index contributed by atoms with van der Waals surface area (Å²) in [6.07, 6.45) is 1.78. The molecule has 1 saturated carbocycles. The molecule has 1 aromatic carbocycles. The van der Waals surface area contributed by atoms with E-state index in [2.05, 4.69) is 12.2 Å². The van der Waals surface area contributed by atoms with Gasteiger partial charge in [-0.3, -0.25) is 14.4 Å². The first-order valence-electron chi connectivity index (χ1n) is 14.4. The number of esters is 2. The van der Waals surface area contributed by atoms with Crippen LogP contribution in [-0.4, -0.2) is 71.5 Å². The first kappa shape index (κ1) is 29.8. The van der Waals surface area contributed by atoms with Crippen molar-refractivity contribution in [3.8, 4) is 11.5 Å². The van der Waals surface area contributed by atoms with Crippen molar-refractivity contribution in [1.29, 1.82) is 0 Å². The molecule has 5 rings (SSSR count). The van der Waals surface area contributed by atoms with Crippen LogP contribution in [0, 0.1) is 11.8 Å². The van der Waals surface area contributed by atoms with Crippen LogP contribution in [0.1, 0.15) is 63.5 Å². The predicted octanol–water partition coefficient (Wildman–Crippen LogP) is 1.49. The highest BCUT2D eigenvalue weighted by Gasteiger charge is 2.72. The molecule has 1 fully saturated rings. The van der Waals surface area contributed by atoms with E-state index in [0.717, 1.165) is 24.0 Å². The largest absolute Gasteiger partial charge is 0.493 e. The Morgan fingerprint density at radius 2 is 2.00 bits per heavy atom. The first-order chi connectivity index (χ1) is 19.9. The molecule has 1 unspecified atom stereocenters. The van der Waals surface area contributed by atoms with Gasteiger partial charge in [0.2, 0.25) is 5.91 Å². The number of hydrogen-bond acceptors (Lipinski definition) is 10. The number of nitrogens with two attached hydrogens (primary N) is 1. The summed E-state index contributed by atoms with van der Waals surface area (Å²) in [6.45, 7) is 3.47. The topological polar surface area (TPSA) is 184 Å². The van der Waals surface area contributed by atoms with Crippen LogP contribution in [0.25, 0.3) is 0 Å². The zero-order chi connectivity index (χ0) is 30.4. The molecule has 2 bridgehead atoms. The molecule has 42 heavy (non-hydrogen) atoms. The van der Waals surface area contributed by atoms with Gasteiger partial charge in [-0.2, -0.15) is 0 Å². The second kappa shape index (κ2) is 11.2. The quantitative estimate of drug-likeness (QED) is 0.276. The predicted molar refractivity (Wildman–Crippen MR) is 146 cm³/mol. The zero-order valence-corrected chi connectivity index (χ0v) is 24.0. The van der Waals surface area contributed by atoms with E-state index >= 15 is 0 Å². The Kier molecular flexibility index (Phi) is 7.97. The lowest BCUT2D eigenvalue weighted by Crippen LogP contribution is -2.69. The van der Waals surface area contributed by atoms with Crippen LogP contribution in [0.3, 0.4) is 0 Å². The van der Waals surface area contributed by atoms with Gasteiger partial charge in [-0.05, 0) is 68.6 Å². The normalized spacial score (nSPS) is 29.6. The number of methoxy groups -OCH3 is 1. The number of carbonyl (C=O) groups excluding carboxylic acids is 3. The molecule has 1 aliphatic heterocycles. The molecular weight excluding hydrogens is 548 g/mol. The summed E-state index contributed by atoms with van der Waals surface area (Å²) in [5, 5.41) is 23.5. The summed E-state index contributed by atoms with van der Waals surface area (Å²) in [4.78, 5) is 48.0. The van der Waals surface area contributed by atoms with Gasteiger partial charge in [-0.25, -0.2) is 4.79 Å². The van der Waals surface area contributed by atoms with E-state index in [0.29, 0.717) is 30.3 Å². The Labute approximate surface area is 243 Å². The third-order valence-electron chi connectivity index (χ3n) is 9.43. The van der Waals surface area contributed by atoms with Gasteiger partial charge < -0.3 is 40.2 Å². The van der Waals surface area contributed by atoms with Crippen LogP contribution < -0.4 is 20.5 Å². The van der Waals surface area contributed by atoms with Gasteiger partial charge in [0.25, 0.3) is 0 Å². The molecule has 7 atom stereocenters. The minimum absolute atomic E-state index is 0.0183. The lowest BCUT2D eigenvalue weighted by atomic mass is 9.45. The van der Waals surface area contributed by atoms with Crippen molar-refractivity contribution in [2.75, 3.05) is 13.7 Å². The van der Waals surface area contributed by atoms with Gasteiger partial charge in [0, 0.05) is 18.5 Å². The van der Waals surface area contributed by atoms with E-state index in [1.165, 1.54) is 6.92 Å². The van der Waals surface area contributed by atoms with Gasteiger partial charge in [0.15, 0.2) is 23.7 Å². The van der Waals surface area contributed by atoms with Crippen LogP contribution in [-0.2, 0) is 40.5 Å². The zero-order valence-electron chi connectivity index (χ0n) is 24.0. The molecule has 1 heterocycles. The fourth-order valence-electron chi connectivity index (χ4n) is 7.30. The van der Waals surface area contributed by atoms with E-state index in [1.807, 2.05) is 12.1 Å². The Morgan fingerprint density at radius 3 is 2.71 bits per heavy atom. The van der Waals surface area contributed by atoms with Gasteiger partial charge in [0.05, 0.1) is 30.6 Å². The molecule has 12 nitrogen and oxygen atoms in total. The monoisotopic (exact) mass is 586 g/mol. The SMILES string of the molecule is COc1ccc2c3c1O[C@H]1C(OC(=O)[C@H](C)OC(=O)CCNC(=O)[C@@H](N)CCC(=O)O)=CC[C@@]4(O)[C@@H](C2)C(C)CC[C@]314. The summed E-state index contributed by atoms with van der Waals surface area (Å²) < 4.78 is 23.1. The average Bonchev–Trinajstić information content (AvgIpc) is 3.30. The van der Waals surface area contributed by atoms with Crippen LogP contribution in [0.2, 0.25) is 0 Å². The molecule has 4 aliphatic rings. The summed E-state index contributed by atoms with van der Waals surface area (Å²) in [7, 11) is 1.56. The van der Waals surface area contributed by atoms with Crippen LogP contribution in [0.4, 0.5) is 0 Å². The number of carbonyl (C=O) groups is 4. The lowest BCUT2D eigenvalue weighted by molar-refractivity contribution is -0.176. The molecule has 1 amide bonds. The minimum Gasteiger partial charge on any atom is -0.493 e. The van der Waals surface area contributed by atoms with Gasteiger partial charge in [0.1, 0.15) is 5.76 Å². The van der Waals surface area contributed by atoms with Crippen LogP contribution >= 0.6 is 0 Å². The van der Waals surface area contributed by atoms with Crippen molar-refractivity contribution in [2.45, 2.75) is 88.1 Å². The standard InChI is InChI=1S/C30H38N2O10/c1-15-8-11-29-24-17-4-6-20(39-3)25(24)42-26(29)21(9-12-30(29,38)18(15)14-17)41-28(37)16(2)40-23(35)10-13-32-27(36)19(31)5-7-22(33)34/h4,6,9,15-16,18-19,26,38H,5,7-8,10-14,31H2,1-3H3,(H,32,36)(H,33,34)/t15?,16-,18-,19-,26-,29-,30+/m0/s1. The summed E-state index contributed by atoms with van der Waals surface area (Å²) in [5.41, 5.74) is 5.82. The molecule has 12 heteroatoms. The number of amides is 1. The Bertz CT molecular complexity index is 1330. The van der Waals surface area contributed by atoms with Crippen LogP contribution in [0.5, 0.6) is 11.5 Å².